The lowest BCUT2D eigenvalue weighted by atomic mass is 10.2. The summed E-state index contributed by atoms with van der Waals surface area (Å²) < 4.78 is 4.93. The molecule has 88 valence electrons. The number of methoxy groups -OCH3 is 1. The van der Waals surface area contributed by atoms with Gasteiger partial charge in [-0.05, 0) is 6.07 Å². The number of phenolic OH excluding ortho intramolecular Hbond substituents is 1. The number of nitrogens with one attached hydrogen (secondary N) is 1. The van der Waals surface area contributed by atoms with Crippen LogP contribution in [0.5, 0.6) is 11.5 Å². The standard InChI is InChI=1S/C10H14N2O4/c1-15-8-3-2-7(9(13)4-8)5-12-16-6-10(11)14/h2-4,12-13H,5-6H2,1H3,(H2,11,14). The first kappa shape index (κ1) is 12.3. The zero-order valence-electron chi connectivity index (χ0n) is 8.90. The number of phenols is 1. The zero-order valence-corrected chi connectivity index (χ0v) is 8.90. The molecular formula is C10H14N2O4. The fourth-order valence-corrected chi connectivity index (χ4v) is 1.07. The van der Waals surface area contributed by atoms with Crippen LogP contribution < -0.4 is 16.0 Å². The van der Waals surface area contributed by atoms with Gasteiger partial charge in [0, 0.05) is 18.2 Å². The van der Waals surface area contributed by atoms with Gasteiger partial charge in [0.25, 0.3) is 0 Å². The maximum Gasteiger partial charge on any atom is 0.245 e. The molecule has 16 heavy (non-hydrogen) atoms. The molecule has 0 atom stereocenters. The van der Waals surface area contributed by atoms with Crippen molar-refractivity contribution in [3.8, 4) is 11.5 Å². The number of amides is 1. The lowest BCUT2D eigenvalue weighted by Gasteiger charge is -2.07. The minimum absolute atomic E-state index is 0.0922. The van der Waals surface area contributed by atoms with Gasteiger partial charge in [-0.15, -0.1) is 0 Å². The Morgan fingerprint density at radius 3 is 2.88 bits per heavy atom. The molecule has 1 aromatic carbocycles. The van der Waals surface area contributed by atoms with Crippen molar-refractivity contribution < 1.29 is 19.5 Å². The molecule has 0 unspecified atom stereocenters. The summed E-state index contributed by atoms with van der Waals surface area (Å²) in [7, 11) is 1.52. The number of rotatable bonds is 6. The lowest BCUT2D eigenvalue weighted by Crippen LogP contribution is -2.24. The first-order chi connectivity index (χ1) is 7.63. The summed E-state index contributed by atoms with van der Waals surface area (Å²) >= 11 is 0. The second-order valence-corrected chi connectivity index (χ2v) is 3.07. The minimum atomic E-state index is -0.563. The van der Waals surface area contributed by atoms with Crippen LogP contribution in [-0.4, -0.2) is 24.7 Å². The molecule has 0 aromatic heterocycles. The Morgan fingerprint density at radius 2 is 2.31 bits per heavy atom. The van der Waals surface area contributed by atoms with E-state index in [2.05, 4.69) is 5.48 Å². The van der Waals surface area contributed by atoms with Crippen LogP contribution in [0, 0.1) is 0 Å². The van der Waals surface area contributed by atoms with E-state index < -0.39 is 5.91 Å². The van der Waals surface area contributed by atoms with Gasteiger partial charge in [-0.3, -0.25) is 9.63 Å². The first-order valence-electron chi connectivity index (χ1n) is 4.62. The summed E-state index contributed by atoms with van der Waals surface area (Å²) in [6.45, 7) is 0.0556. The average molecular weight is 226 g/mol. The van der Waals surface area contributed by atoms with E-state index in [9.17, 15) is 9.90 Å². The molecule has 0 heterocycles. The Kier molecular flexibility index (Phi) is 4.56. The van der Waals surface area contributed by atoms with Crippen LogP contribution in [0.15, 0.2) is 18.2 Å². The zero-order chi connectivity index (χ0) is 12.0. The molecule has 6 nitrogen and oxygen atoms in total. The Hall–Kier alpha value is -1.79. The number of hydrogen-bond acceptors (Lipinski definition) is 5. The molecule has 0 radical (unpaired) electrons. The molecule has 0 saturated carbocycles. The van der Waals surface area contributed by atoms with Crippen molar-refractivity contribution in [3.63, 3.8) is 0 Å². The third-order valence-corrected chi connectivity index (χ3v) is 1.87. The van der Waals surface area contributed by atoms with Crippen LogP contribution in [0.25, 0.3) is 0 Å². The Labute approximate surface area is 92.9 Å². The number of hydrogen-bond donors (Lipinski definition) is 3. The smallest absolute Gasteiger partial charge is 0.245 e. The molecule has 0 aliphatic heterocycles. The number of hydroxylamine groups is 1. The number of primary amides is 1. The topological polar surface area (TPSA) is 93.8 Å². The van der Waals surface area contributed by atoms with E-state index in [0.717, 1.165) is 0 Å². The van der Waals surface area contributed by atoms with Gasteiger partial charge in [0.2, 0.25) is 5.91 Å². The second kappa shape index (κ2) is 5.94. The van der Waals surface area contributed by atoms with Crippen LogP contribution in [0.2, 0.25) is 0 Å². The molecule has 0 bridgehead atoms. The summed E-state index contributed by atoms with van der Waals surface area (Å²) in [5.74, 6) is 0.0975. The van der Waals surface area contributed by atoms with Crippen molar-refractivity contribution >= 4 is 5.91 Å². The van der Waals surface area contributed by atoms with Gasteiger partial charge in [0.15, 0.2) is 0 Å². The Bertz CT molecular complexity index is 368. The summed E-state index contributed by atoms with van der Waals surface area (Å²) in [6, 6.07) is 4.89. The third kappa shape index (κ3) is 3.76. The highest BCUT2D eigenvalue weighted by atomic mass is 16.6. The molecule has 1 rings (SSSR count). The van der Waals surface area contributed by atoms with Crippen LogP contribution in [0.3, 0.4) is 0 Å². The van der Waals surface area contributed by atoms with Gasteiger partial charge in [-0.1, -0.05) is 6.07 Å². The maximum atomic E-state index is 10.4. The molecule has 0 aliphatic carbocycles. The van der Waals surface area contributed by atoms with Gasteiger partial charge in [0.1, 0.15) is 18.1 Å². The summed E-state index contributed by atoms with van der Waals surface area (Å²) in [4.78, 5) is 15.1. The van der Waals surface area contributed by atoms with Gasteiger partial charge in [0.05, 0.1) is 7.11 Å². The number of carbonyl (C=O) groups excluding carboxylic acids is 1. The summed E-state index contributed by atoms with van der Waals surface area (Å²) in [5, 5.41) is 9.56. The van der Waals surface area contributed by atoms with Gasteiger partial charge < -0.3 is 15.6 Å². The summed E-state index contributed by atoms with van der Waals surface area (Å²) in [5.41, 5.74) is 8.01. The molecule has 0 aliphatic rings. The predicted molar refractivity (Wildman–Crippen MR) is 56.6 cm³/mol. The molecular weight excluding hydrogens is 212 g/mol. The third-order valence-electron chi connectivity index (χ3n) is 1.87. The van der Waals surface area contributed by atoms with Crippen LogP contribution in [0.4, 0.5) is 0 Å². The highest BCUT2D eigenvalue weighted by Gasteiger charge is 2.03. The monoisotopic (exact) mass is 226 g/mol. The van der Waals surface area contributed by atoms with E-state index in [-0.39, 0.29) is 18.9 Å². The fourth-order valence-electron chi connectivity index (χ4n) is 1.07. The average Bonchev–Trinajstić information content (AvgIpc) is 2.25. The Balaban J connectivity index is 2.45. The van der Waals surface area contributed by atoms with E-state index in [4.69, 9.17) is 15.3 Å². The van der Waals surface area contributed by atoms with E-state index in [1.54, 1.807) is 12.1 Å². The first-order valence-corrected chi connectivity index (χ1v) is 4.62. The lowest BCUT2D eigenvalue weighted by molar-refractivity contribution is -0.125. The van der Waals surface area contributed by atoms with Crippen molar-refractivity contribution in [3.05, 3.63) is 23.8 Å². The van der Waals surface area contributed by atoms with E-state index in [1.165, 1.54) is 13.2 Å². The molecule has 0 saturated heterocycles. The SMILES string of the molecule is COc1ccc(CNOCC(N)=O)c(O)c1. The van der Waals surface area contributed by atoms with E-state index >= 15 is 0 Å². The van der Waals surface area contributed by atoms with E-state index in [1.807, 2.05) is 0 Å². The van der Waals surface area contributed by atoms with E-state index in [0.29, 0.717) is 11.3 Å². The van der Waals surface area contributed by atoms with Crippen molar-refractivity contribution in [2.75, 3.05) is 13.7 Å². The molecule has 0 spiro atoms. The highest BCUT2D eigenvalue weighted by molar-refractivity contribution is 5.74. The Morgan fingerprint density at radius 1 is 1.56 bits per heavy atom. The van der Waals surface area contributed by atoms with Crippen LogP contribution >= 0.6 is 0 Å². The number of nitrogens with two attached hydrogens (primary N) is 1. The van der Waals surface area contributed by atoms with Crippen LogP contribution in [0.1, 0.15) is 5.56 Å². The quantitative estimate of drug-likeness (QED) is 0.465. The number of ether oxygens (including phenoxy) is 1. The van der Waals surface area contributed by atoms with Crippen molar-refractivity contribution in [2.45, 2.75) is 6.54 Å². The van der Waals surface area contributed by atoms with Gasteiger partial charge in [-0.25, -0.2) is 0 Å². The van der Waals surface area contributed by atoms with Crippen molar-refractivity contribution in [1.82, 2.24) is 5.48 Å². The fraction of sp³-hybridized carbons (Fsp3) is 0.300. The number of aromatic hydroxyl groups is 1. The molecule has 4 N–H and O–H groups in total. The minimum Gasteiger partial charge on any atom is -0.507 e. The normalized spacial score (nSPS) is 10.1. The second-order valence-electron chi connectivity index (χ2n) is 3.07. The molecule has 0 fully saturated rings. The molecule has 1 aromatic rings. The summed E-state index contributed by atoms with van der Waals surface area (Å²) in [6.07, 6.45) is 0. The highest BCUT2D eigenvalue weighted by Crippen LogP contribution is 2.22. The predicted octanol–water partition coefficient (Wildman–Crippen LogP) is -0.0927. The van der Waals surface area contributed by atoms with Crippen LogP contribution in [-0.2, 0) is 16.2 Å². The largest absolute Gasteiger partial charge is 0.507 e. The van der Waals surface area contributed by atoms with Crippen molar-refractivity contribution in [1.29, 1.82) is 0 Å². The molecule has 1 amide bonds. The van der Waals surface area contributed by atoms with Gasteiger partial charge in [-0.2, -0.15) is 5.48 Å². The maximum absolute atomic E-state index is 10.4. The number of benzene rings is 1. The molecule has 6 heteroatoms. The van der Waals surface area contributed by atoms with Crippen molar-refractivity contribution in [2.24, 2.45) is 5.73 Å². The van der Waals surface area contributed by atoms with Gasteiger partial charge >= 0.3 is 0 Å². The number of carbonyl (C=O) groups is 1.